The highest BCUT2D eigenvalue weighted by Gasteiger charge is 2.34. The smallest absolute Gasteiger partial charge is 0.338 e. The topological polar surface area (TPSA) is 99.2 Å². The fraction of sp³-hybridized carbons (Fsp3) is 0.364. The molecule has 32 heavy (non-hydrogen) atoms. The number of ketones is 1. The van der Waals surface area contributed by atoms with Crippen molar-refractivity contribution in [1.82, 2.24) is 4.31 Å². The molecule has 0 aliphatic carbocycles. The van der Waals surface area contributed by atoms with E-state index in [0.29, 0.717) is 11.3 Å². The Hall–Kier alpha value is -2.46. The summed E-state index contributed by atoms with van der Waals surface area (Å²) in [6.45, 7) is 3.43. The number of esters is 1. The lowest BCUT2D eigenvalue weighted by molar-refractivity contribution is -0.0440. The Morgan fingerprint density at radius 1 is 1.06 bits per heavy atom. The fourth-order valence-corrected chi connectivity index (χ4v) is 5.46. The van der Waals surface area contributed by atoms with Crippen molar-refractivity contribution in [2.45, 2.75) is 31.0 Å². The molecule has 8 nitrogen and oxygen atoms in total. The van der Waals surface area contributed by atoms with Gasteiger partial charge in [-0.15, -0.1) is 0 Å². The first-order valence-electron chi connectivity index (χ1n) is 9.91. The molecular weight excluding hydrogens is 458 g/mol. The zero-order chi connectivity index (χ0) is 23.5. The Morgan fingerprint density at radius 3 is 2.25 bits per heavy atom. The standard InChI is InChI=1S/C22H24ClNO7S/c1-14-11-24(12-15(2)31-14)32(27,28)21-10-17(6-9-19(21)23)22(26)30-13-20(25)16-4-7-18(29-3)8-5-16/h4-10,14-15H,11-13H2,1-3H3. The van der Waals surface area contributed by atoms with Crippen LogP contribution in [-0.4, -0.2) is 63.5 Å². The van der Waals surface area contributed by atoms with Crippen LogP contribution in [0.1, 0.15) is 34.6 Å². The normalized spacial score (nSPS) is 19.4. The number of carbonyl (C=O) groups excluding carboxylic acids is 2. The van der Waals surface area contributed by atoms with E-state index in [0.717, 1.165) is 0 Å². The molecule has 2 atom stereocenters. The Kier molecular flexibility index (Phi) is 7.55. The Labute approximate surface area is 192 Å². The molecule has 172 valence electrons. The van der Waals surface area contributed by atoms with E-state index in [9.17, 15) is 18.0 Å². The van der Waals surface area contributed by atoms with Crippen molar-refractivity contribution in [3.63, 3.8) is 0 Å². The van der Waals surface area contributed by atoms with Gasteiger partial charge in [0.25, 0.3) is 0 Å². The van der Waals surface area contributed by atoms with Gasteiger partial charge in [0.05, 0.1) is 29.9 Å². The van der Waals surface area contributed by atoms with Crippen LogP contribution < -0.4 is 4.74 Å². The van der Waals surface area contributed by atoms with E-state index in [2.05, 4.69) is 0 Å². The minimum Gasteiger partial charge on any atom is -0.497 e. The van der Waals surface area contributed by atoms with Gasteiger partial charge in [0.15, 0.2) is 12.4 Å². The quantitative estimate of drug-likeness (QED) is 0.442. The molecule has 1 aliphatic heterocycles. The van der Waals surface area contributed by atoms with Crippen LogP contribution >= 0.6 is 11.6 Å². The third kappa shape index (κ3) is 5.47. The lowest BCUT2D eigenvalue weighted by Gasteiger charge is -2.34. The highest BCUT2D eigenvalue weighted by Crippen LogP contribution is 2.28. The molecule has 0 radical (unpaired) electrons. The first-order valence-corrected chi connectivity index (χ1v) is 11.7. The van der Waals surface area contributed by atoms with Gasteiger partial charge < -0.3 is 14.2 Å². The summed E-state index contributed by atoms with van der Waals surface area (Å²) in [5.41, 5.74) is 0.332. The van der Waals surface area contributed by atoms with Crippen molar-refractivity contribution in [3.05, 3.63) is 58.6 Å². The maximum absolute atomic E-state index is 13.1. The second kappa shape index (κ2) is 9.99. The predicted octanol–water partition coefficient (Wildman–Crippen LogP) is 3.19. The summed E-state index contributed by atoms with van der Waals surface area (Å²) in [4.78, 5) is 24.6. The third-order valence-electron chi connectivity index (χ3n) is 4.92. The summed E-state index contributed by atoms with van der Waals surface area (Å²) >= 11 is 6.16. The van der Waals surface area contributed by atoms with Gasteiger partial charge in [0, 0.05) is 18.7 Å². The van der Waals surface area contributed by atoms with Gasteiger partial charge in [-0.05, 0) is 56.3 Å². The average Bonchev–Trinajstić information content (AvgIpc) is 2.76. The Morgan fingerprint density at radius 2 is 1.66 bits per heavy atom. The van der Waals surface area contributed by atoms with Crippen molar-refractivity contribution in [1.29, 1.82) is 0 Å². The van der Waals surface area contributed by atoms with E-state index in [1.54, 1.807) is 38.1 Å². The number of sulfonamides is 1. The van der Waals surface area contributed by atoms with Gasteiger partial charge >= 0.3 is 5.97 Å². The summed E-state index contributed by atoms with van der Waals surface area (Å²) in [7, 11) is -2.45. The summed E-state index contributed by atoms with van der Waals surface area (Å²) < 4.78 is 43.3. The number of halogens is 1. The van der Waals surface area contributed by atoms with Crippen molar-refractivity contribution in [2.75, 3.05) is 26.8 Å². The number of methoxy groups -OCH3 is 1. The van der Waals surface area contributed by atoms with E-state index < -0.39 is 28.4 Å². The van der Waals surface area contributed by atoms with Crippen LogP contribution in [0.2, 0.25) is 5.02 Å². The molecule has 1 saturated heterocycles. The molecule has 3 rings (SSSR count). The number of ether oxygens (including phenoxy) is 3. The first-order chi connectivity index (χ1) is 15.1. The number of hydrogen-bond donors (Lipinski definition) is 0. The molecule has 0 spiro atoms. The second-order valence-corrected chi connectivity index (χ2v) is 9.77. The number of morpholine rings is 1. The minimum atomic E-state index is -3.96. The molecule has 0 saturated carbocycles. The van der Waals surface area contributed by atoms with Crippen molar-refractivity contribution in [2.24, 2.45) is 0 Å². The van der Waals surface area contributed by atoms with Gasteiger partial charge in [-0.25, -0.2) is 13.2 Å². The molecule has 2 unspecified atom stereocenters. The van der Waals surface area contributed by atoms with Crippen LogP contribution in [0.15, 0.2) is 47.4 Å². The van der Waals surface area contributed by atoms with Crippen LogP contribution in [0.4, 0.5) is 0 Å². The lowest BCUT2D eigenvalue weighted by Crippen LogP contribution is -2.48. The molecule has 1 aliphatic rings. The molecule has 10 heteroatoms. The van der Waals surface area contributed by atoms with Crippen molar-refractivity contribution < 1.29 is 32.2 Å². The Bertz CT molecular complexity index is 1090. The molecule has 0 amide bonds. The Balaban J connectivity index is 1.74. The van der Waals surface area contributed by atoms with E-state index in [-0.39, 0.29) is 40.8 Å². The van der Waals surface area contributed by atoms with Crippen LogP contribution in [0.25, 0.3) is 0 Å². The number of hydrogen-bond acceptors (Lipinski definition) is 7. The average molecular weight is 482 g/mol. The van der Waals surface area contributed by atoms with Crippen LogP contribution in [-0.2, 0) is 19.5 Å². The maximum Gasteiger partial charge on any atom is 0.338 e. The van der Waals surface area contributed by atoms with Gasteiger partial charge in [0.1, 0.15) is 10.6 Å². The molecule has 2 aromatic carbocycles. The van der Waals surface area contributed by atoms with Crippen LogP contribution in [0.3, 0.4) is 0 Å². The van der Waals surface area contributed by atoms with E-state index in [1.807, 2.05) is 0 Å². The largest absolute Gasteiger partial charge is 0.497 e. The van der Waals surface area contributed by atoms with E-state index in [4.69, 9.17) is 25.8 Å². The molecule has 0 bridgehead atoms. The van der Waals surface area contributed by atoms with Crippen LogP contribution in [0.5, 0.6) is 5.75 Å². The minimum absolute atomic E-state index is 0.0114. The second-order valence-electron chi connectivity index (χ2n) is 7.45. The van der Waals surface area contributed by atoms with Crippen LogP contribution in [0, 0.1) is 0 Å². The fourth-order valence-electron chi connectivity index (χ4n) is 3.37. The number of rotatable bonds is 7. The number of carbonyl (C=O) groups is 2. The predicted molar refractivity (Wildman–Crippen MR) is 118 cm³/mol. The maximum atomic E-state index is 13.1. The van der Waals surface area contributed by atoms with Gasteiger partial charge in [-0.3, -0.25) is 4.79 Å². The van der Waals surface area contributed by atoms with Gasteiger partial charge in [-0.2, -0.15) is 4.31 Å². The SMILES string of the molecule is COc1ccc(C(=O)COC(=O)c2ccc(Cl)c(S(=O)(=O)N3CC(C)OC(C)C3)c2)cc1. The summed E-state index contributed by atoms with van der Waals surface area (Å²) in [6, 6.07) is 10.2. The molecule has 1 heterocycles. The zero-order valence-corrected chi connectivity index (χ0v) is 19.5. The number of Topliss-reactive ketones (excluding diaryl/α,β-unsaturated/α-hetero) is 1. The lowest BCUT2D eigenvalue weighted by atomic mass is 10.1. The molecule has 0 N–H and O–H groups in total. The first kappa shape index (κ1) is 24.2. The molecule has 0 aromatic heterocycles. The number of benzene rings is 2. The van der Waals surface area contributed by atoms with Gasteiger partial charge in [0.2, 0.25) is 10.0 Å². The third-order valence-corrected chi connectivity index (χ3v) is 7.23. The number of nitrogens with zero attached hydrogens (tertiary/aromatic N) is 1. The molecule has 2 aromatic rings. The highest BCUT2D eigenvalue weighted by molar-refractivity contribution is 7.89. The van der Waals surface area contributed by atoms with E-state index >= 15 is 0 Å². The summed E-state index contributed by atoms with van der Waals surface area (Å²) in [5, 5.41) is -0.0114. The monoisotopic (exact) mass is 481 g/mol. The molecular formula is C22H24ClNO7S. The summed E-state index contributed by atoms with van der Waals surface area (Å²) in [6.07, 6.45) is -0.547. The zero-order valence-electron chi connectivity index (χ0n) is 17.9. The van der Waals surface area contributed by atoms with Crippen molar-refractivity contribution in [3.8, 4) is 5.75 Å². The summed E-state index contributed by atoms with van der Waals surface area (Å²) in [5.74, 6) is -0.639. The van der Waals surface area contributed by atoms with E-state index in [1.165, 1.54) is 29.6 Å². The van der Waals surface area contributed by atoms with Gasteiger partial charge in [-0.1, -0.05) is 11.6 Å². The molecule has 1 fully saturated rings. The highest BCUT2D eigenvalue weighted by atomic mass is 35.5. The van der Waals surface area contributed by atoms with Crippen molar-refractivity contribution >= 4 is 33.4 Å².